The van der Waals surface area contributed by atoms with Gasteiger partial charge in [0.25, 0.3) is 0 Å². The van der Waals surface area contributed by atoms with E-state index in [0.29, 0.717) is 6.42 Å². The summed E-state index contributed by atoms with van der Waals surface area (Å²) < 4.78 is 0. The summed E-state index contributed by atoms with van der Waals surface area (Å²) in [5.41, 5.74) is 2.19. The van der Waals surface area contributed by atoms with Crippen LogP contribution in [-0.2, 0) is 11.3 Å². The van der Waals surface area contributed by atoms with Crippen LogP contribution in [0.1, 0.15) is 44.6 Å². The first-order valence-corrected chi connectivity index (χ1v) is 10.8. The second-order valence-corrected chi connectivity index (χ2v) is 7.91. The topological polar surface area (TPSA) is 60.0 Å². The zero-order chi connectivity index (χ0) is 19.8. The molecule has 2 saturated heterocycles. The predicted molar refractivity (Wildman–Crippen MR) is 116 cm³/mol. The highest BCUT2D eigenvalue weighted by molar-refractivity contribution is 5.95. The highest BCUT2D eigenvalue weighted by Gasteiger charge is 2.21. The number of carbonyl (C=O) groups is 1. The van der Waals surface area contributed by atoms with Crippen molar-refractivity contribution >= 4 is 17.6 Å². The van der Waals surface area contributed by atoms with Gasteiger partial charge in [-0.05, 0) is 68.9 Å². The summed E-state index contributed by atoms with van der Waals surface area (Å²) in [5, 5.41) is 6.89. The second-order valence-electron chi connectivity index (χ2n) is 7.91. The number of carbonyl (C=O) groups excluding carboxylic acids is 1. The molecule has 1 amide bonds. The van der Waals surface area contributed by atoms with Crippen molar-refractivity contribution < 1.29 is 4.79 Å². The molecule has 2 fully saturated rings. The van der Waals surface area contributed by atoms with Crippen molar-refractivity contribution in [1.82, 2.24) is 15.5 Å². The van der Waals surface area contributed by atoms with Gasteiger partial charge in [0.05, 0.1) is 0 Å². The molecule has 6 nitrogen and oxygen atoms in total. The number of amides is 1. The van der Waals surface area contributed by atoms with E-state index in [-0.39, 0.29) is 5.91 Å². The Balaban J connectivity index is 1.40. The van der Waals surface area contributed by atoms with Gasteiger partial charge in [-0.3, -0.25) is 9.79 Å². The first-order chi connectivity index (χ1) is 13.7. The summed E-state index contributed by atoms with van der Waals surface area (Å²) >= 11 is 0. The van der Waals surface area contributed by atoms with Crippen molar-refractivity contribution in [3.05, 3.63) is 29.8 Å². The molecule has 2 N–H and O–H groups in total. The SMILES string of the molecule is CCCN1CCC(CNC(=NC)NCc2ccc(N3CCCC3=O)cc2)CC1. The van der Waals surface area contributed by atoms with E-state index >= 15 is 0 Å². The molecule has 0 aliphatic carbocycles. The van der Waals surface area contributed by atoms with Crippen molar-refractivity contribution in [3.63, 3.8) is 0 Å². The molecule has 1 aromatic rings. The molecule has 1 aromatic carbocycles. The first kappa shape index (κ1) is 20.6. The van der Waals surface area contributed by atoms with Crippen LogP contribution >= 0.6 is 0 Å². The molecule has 28 heavy (non-hydrogen) atoms. The molecule has 154 valence electrons. The van der Waals surface area contributed by atoms with Gasteiger partial charge in [0, 0.05) is 38.8 Å². The van der Waals surface area contributed by atoms with Gasteiger partial charge < -0.3 is 20.4 Å². The standard InChI is InChI=1S/C22H35N5O/c1-3-12-26-14-10-19(11-15-26)17-25-22(23-2)24-16-18-6-8-20(9-7-18)27-13-4-5-21(27)28/h6-9,19H,3-5,10-17H2,1-2H3,(H2,23,24,25). The van der Waals surface area contributed by atoms with Crippen LogP contribution in [0.2, 0.25) is 0 Å². The molecule has 2 heterocycles. The minimum Gasteiger partial charge on any atom is -0.356 e. The van der Waals surface area contributed by atoms with Crippen LogP contribution in [0.5, 0.6) is 0 Å². The third-order valence-corrected chi connectivity index (χ3v) is 5.81. The zero-order valence-corrected chi connectivity index (χ0v) is 17.4. The largest absolute Gasteiger partial charge is 0.356 e. The molecular formula is C22H35N5O. The van der Waals surface area contributed by atoms with Gasteiger partial charge in [-0.2, -0.15) is 0 Å². The number of hydrogen-bond acceptors (Lipinski definition) is 3. The molecule has 0 aromatic heterocycles. The Bertz CT molecular complexity index is 649. The molecular weight excluding hydrogens is 350 g/mol. The Morgan fingerprint density at radius 1 is 1.14 bits per heavy atom. The summed E-state index contributed by atoms with van der Waals surface area (Å²) in [5.74, 6) is 1.81. The van der Waals surface area contributed by atoms with E-state index in [4.69, 9.17) is 0 Å². The number of aliphatic imine (C=N–C) groups is 1. The van der Waals surface area contributed by atoms with Crippen LogP contribution in [0, 0.1) is 5.92 Å². The number of benzene rings is 1. The van der Waals surface area contributed by atoms with Crippen molar-refractivity contribution in [2.45, 2.75) is 45.6 Å². The average Bonchev–Trinajstić information content (AvgIpc) is 3.16. The van der Waals surface area contributed by atoms with Crippen LogP contribution in [0.25, 0.3) is 0 Å². The molecule has 0 radical (unpaired) electrons. The number of nitrogens with zero attached hydrogens (tertiary/aromatic N) is 3. The molecule has 0 spiro atoms. The predicted octanol–water partition coefficient (Wildman–Crippen LogP) is 2.60. The van der Waals surface area contributed by atoms with E-state index in [1.807, 2.05) is 24.1 Å². The Morgan fingerprint density at radius 3 is 2.50 bits per heavy atom. The van der Waals surface area contributed by atoms with Crippen LogP contribution in [0.4, 0.5) is 5.69 Å². The van der Waals surface area contributed by atoms with Gasteiger partial charge >= 0.3 is 0 Å². The first-order valence-electron chi connectivity index (χ1n) is 10.8. The minimum atomic E-state index is 0.232. The van der Waals surface area contributed by atoms with Gasteiger partial charge in [0.15, 0.2) is 5.96 Å². The average molecular weight is 386 g/mol. The van der Waals surface area contributed by atoms with E-state index < -0.39 is 0 Å². The lowest BCUT2D eigenvalue weighted by molar-refractivity contribution is -0.117. The second kappa shape index (κ2) is 10.5. The van der Waals surface area contributed by atoms with Crippen molar-refractivity contribution in [2.75, 3.05) is 44.7 Å². The highest BCUT2D eigenvalue weighted by atomic mass is 16.2. The highest BCUT2D eigenvalue weighted by Crippen LogP contribution is 2.21. The van der Waals surface area contributed by atoms with Gasteiger partial charge in [0.1, 0.15) is 0 Å². The normalized spacial score (nSPS) is 19.3. The Morgan fingerprint density at radius 2 is 1.89 bits per heavy atom. The van der Waals surface area contributed by atoms with Gasteiger partial charge in [-0.15, -0.1) is 0 Å². The van der Waals surface area contributed by atoms with E-state index in [9.17, 15) is 4.79 Å². The van der Waals surface area contributed by atoms with Crippen molar-refractivity contribution in [2.24, 2.45) is 10.9 Å². The summed E-state index contributed by atoms with van der Waals surface area (Å²) in [6.45, 7) is 8.47. The molecule has 0 saturated carbocycles. The minimum absolute atomic E-state index is 0.232. The summed E-state index contributed by atoms with van der Waals surface area (Å²) in [6.07, 6.45) is 5.40. The number of rotatable bonds is 7. The molecule has 2 aliphatic heterocycles. The number of nitrogens with one attached hydrogen (secondary N) is 2. The third kappa shape index (κ3) is 5.71. The lowest BCUT2D eigenvalue weighted by atomic mass is 9.97. The summed E-state index contributed by atoms with van der Waals surface area (Å²) in [4.78, 5) is 20.7. The van der Waals surface area contributed by atoms with Crippen LogP contribution in [0.3, 0.4) is 0 Å². The lowest BCUT2D eigenvalue weighted by Gasteiger charge is -2.32. The quantitative estimate of drug-likeness (QED) is 0.560. The maximum Gasteiger partial charge on any atom is 0.227 e. The molecule has 2 aliphatic rings. The Kier molecular flexibility index (Phi) is 7.71. The van der Waals surface area contributed by atoms with E-state index in [1.54, 1.807) is 0 Å². The molecule has 0 atom stereocenters. The maximum atomic E-state index is 11.9. The van der Waals surface area contributed by atoms with Gasteiger partial charge in [-0.25, -0.2) is 0 Å². The van der Waals surface area contributed by atoms with E-state index in [0.717, 1.165) is 43.6 Å². The number of likely N-dealkylation sites (tertiary alicyclic amines) is 1. The third-order valence-electron chi connectivity index (χ3n) is 5.81. The summed E-state index contributed by atoms with van der Waals surface area (Å²) in [6, 6.07) is 8.26. The van der Waals surface area contributed by atoms with Crippen LogP contribution in [0.15, 0.2) is 29.3 Å². The molecule has 0 bridgehead atoms. The molecule has 6 heteroatoms. The Hall–Kier alpha value is -2.08. The number of guanidine groups is 1. The smallest absolute Gasteiger partial charge is 0.227 e. The monoisotopic (exact) mass is 385 g/mol. The van der Waals surface area contributed by atoms with Crippen LogP contribution in [-0.4, -0.2) is 56.5 Å². The maximum absolute atomic E-state index is 11.9. The summed E-state index contributed by atoms with van der Waals surface area (Å²) in [7, 11) is 1.82. The van der Waals surface area contributed by atoms with Crippen molar-refractivity contribution in [1.29, 1.82) is 0 Å². The molecule has 0 unspecified atom stereocenters. The fraction of sp³-hybridized carbons (Fsp3) is 0.636. The van der Waals surface area contributed by atoms with E-state index in [2.05, 4.69) is 39.6 Å². The number of piperidine rings is 1. The zero-order valence-electron chi connectivity index (χ0n) is 17.4. The fourth-order valence-corrected chi connectivity index (χ4v) is 4.09. The van der Waals surface area contributed by atoms with Gasteiger partial charge in [0.2, 0.25) is 5.91 Å². The van der Waals surface area contributed by atoms with Crippen LogP contribution < -0.4 is 15.5 Å². The van der Waals surface area contributed by atoms with Gasteiger partial charge in [-0.1, -0.05) is 19.1 Å². The number of anilines is 1. The van der Waals surface area contributed by atoms with E-state index in [1.165, 1.54) is 44.5 Å². The van der Waals surface area contributed by atoms with Crippen molar-refractivity contribution in [3.8, 4) is 0 Å². The fourth-order valence-electron chi connectivity index (χ4n) is 4.09. The lowest BCUT2D eigenvalue weighted by Crippen LogP contribution is -2.42. The Labute approximate surface area is 169 Å². The number of hydrogen-bond donors (Lipinski definition) is 2. The molecule has 3 rings (SSSR count).